The van der Waals surface area contributed by atoms with Crippen LogP contribution in [0.15, 0.2) is 23.1 Å². The summed E-state index contributed by atoms with van der Waals surface area (Å²) in [5.74, 6) is 0.914. The molecule has 0 radical (unpaired) electrons. The zero-order valence-corrected chi connectivity index (χ0v) is 17.9. The van der Waals surface area contributed by atoms with Gasteiger partial charge in [0, 0.05) is 17.1 Å². The van der Waals surface area contributed by atoms with Gasteiger partial charge in [0.15, 0.2) is 0 Å². The van der Waals surface area contributed by atoms with E-state index in [2.05, 4.69) is 23.9 Å². The van der Waals surface area contributed by atoms with Crippen LogP contribution in [0.3, 0.4) is 0 Å². The van der Waals surface area contributed by atoms with Crippen LogP contribution in [0.4, 0.5) is 0 Å². The zero-order chi connectivity index (χ0) is 20.4. The van der Waals surface area contributed by atoms with Gasteiger partial charge in [0.2, 0.25) is 10.0 Å². The van der Waals surface area contributed by atoms with Crippen LogP contribution in [-0.2, 0) is 10.0 Å². The van der Waals surface area contributed by atoms with Gasteiger partial charge in [0.1, 0.15) is 10.6 Å². The predicted octanol–water partition coefficient (Wildman–Crippen LogP) is 3.33. The van der Waals surface area contributed by atoms with E-state index in [4.69, 9.17) is 4.74 Å². The van der Waals surface area contributed by atoms with Crippen LogP contribution in [0.5, 0.6) is 5.75 Å². The van der Waals surface area contributed by atoms with Gasteiger partial charge in [-0.25, -0.2) is 13.1 Å². The topological polar surface area (TPSA) is 84.5 Å². The van der Waals surface area contributed by atoms with Crippen LogP contribution in [-0.4, -0.2) is 33.0 Å². The monoisotopic (exact) mass is 396 g/mol. The highest BCUT2D eigenvalue weighted by molar-refractivity contribution is 7.89. The van der Waals surface area contributed by atoms with Crippen molar-refractivity contribution in [3.63, 3.8) is 0 Å². The molecule has 0 aliphatic heterocycles. The number of hydrogen-bond donors (Lipinski definition) is 2. The number of hydrogen-bond acceptors (Lipinski definition) is 4. The number of sulfonamides is 1. The molecule has 2 rings (SSSR count). The Labute approximate surface area is 163 Å². The molecule has 1 aliphatic rings. The highest BCUT2D eigenvalue weighted by Crippen LogP contribution is 2.30. The Balaban J connectivity index is 2.29. The summed E-state index contributed by atoms with van der Waals surface area (Å²) in [6, 6.07) is 4.62. The average Bonchev–Trinajstić information content (AvgIpc) is 2.56. The van der Waals surface area contributed by atoms with E-state index in [1.807, 2.05) is 0 Å². The molecule has 1 amide bonds. The van der Waals surface area contributed by atoms with Gasteiger partial charge < -0.3 is 10.1 Å². The van der Waals surface area contributed by atoms with Gasteiger partial charge in [0.05, 0.1) is 7.11 Å². The van der Waals surface area contributed by atoms with Crippen LogP contribution in [0.25, 0.3) is 0 Å². The Bertz CT molecular complexity index is 784. The molecule has 27 heavy (non-hydrogen) atoms. The molecule has 0 spiro atoms. The maximum atomic E-state index is 12.8. The van der Waals surface area contributed by atoms with E-state index in [0.717, 1.165) is 12.8 Å². The number of nitrogens with one attached hydrogen (secondary N) is 2. The lowest BCUT2D eigenvalue weighted by atomic mass is 9.78. The molecule has 1 fully saturated rings. The maximum Gasteiger partial charge on any atom is 0.251 e. The second-order valence-electron chi connectivity index (χ2n) is 8.57. The Morgan fingerprint density at radius 1 is 1.19 bits per heavy atom. The van der Waals surface area contributed by atoms with Crippen molar-refractivity contribution in [3.05, 3.63) is 23.8 Å². The van der Waals surface area contributed by atoms with Crippen molar-refractivity contribution in [1.82, 2.24) is 10.0 Å². The summed E-state index contributed by atoms with van der Waals surface area (Å²) >= 11 is 0. The molecule has 1 aliphatic carbocycles. The largest absolute Gasteiger partial charge is 0.495 e. The minimum absolute atomic E-state index is 0.0300. The first-order valence-corrected chi connectivity index (χ1v) is 11.0. The predicted molar refractivity (Wildman–Crippen MR) is 107 cm³/mol. The van der Waals surface area contributed by atoms with E-state index in [1.54, 1.807) is 26.8 Å². The fourth-order valence-electron chi connectivity index (χ4n) is 3.52. The molecule has 0 heterocycles. The highest BCUT2D eigenvalue weighted by atomic mass is 32.2. The van der Waals surface area contributed by atoms with Crippen molar-refractivity contribution in [1.29, 1.82) is 0 Å². The third-order valence-corrected chi connectivity index (χ3v) is 6.96. The third-order valence-electron chi connectivity index (χ3n) is 5.18. The van der Waals surface area contributed by atoms with E-state index >= 15 is 0 Å². The Hall–Kier alpha value is -1.60. The van der Waals surface area contributed by atoms with Gasteiger partial charge in [-0.1, -0.05) is 26.7 Å². The molecule has 3 atom stereocenters. The molecule has 0 aromatic heterocycles. The summed E-state index contributed by atoms with van der Waals surface area (Å²) in [4.78, 5) is 12.7. The second-order valence-corrected chi connectivity index (χ2v) is 10.2. The standard InChI is InChI=1S/C20H32N2O4S/c1-13-8-7-9-16(14(13)2)21-19(23)15-10-11-17(26-6)18(12-15)27(24,25)22-20(3,4)5/h10-14,16,22H,7-9H2,1-6H3,(H,21,23). The van der Waals surface area contributed by atoms with E-state index < -0.39 is 15.6 Å². The highest BCUT2D eigenvalue weighted by Gasteiger charge is 2.30. The fourth-order valence-corrected chi connectivity index (χ4v) is 5.14. The van der Waals surface area contributed by atoms with E-state index in [0.29, 0.717) is 17.4 Å². The van der Waals surface area contributed by atoms with Crippen LogP contribution in [0.1, 0.15) is 64.2 Å². The molecule has 1 aromatic carbocycles. The van der Waals surface area contributed by atoms with Gasteiger partial charge in [0.25, 0.3) is 5.91 Å². The van der Waals surface area contributed by atoms with E-state index in [9.17, 15) is 13.2 Å². The molecule has 7 heteroatoms. The van der Waals surface area contributed by atoms with Gasteiger partial charge in [-0.15, -0.1) is 0 Å². The molecule has 1 aromatic rings. The lowest BCUT2D eigenvalue weighted by Gasteiger charge is -2.34. The van der Waals surface area contributed by atoms with Gasteiger partial charge in [-0.2, -0.15) is 0 Å². The van der Waals surface area contributed by atoms with Crippen LogP contribution in [0.2, 0.25) is 0 Å². The number of amides is 1. The van der Waals surface area contributed by atoms with Crippen LogP contribution < -0.4 is 14.8 Å². The Kier molecular flexibility index (Phi) is 6.58. The number of rotatable bonds is 5. The van der Waals surface area contributed by atoms with Crippen molar-refractivity contribution in [2.45, 2.75) is 70.4 Å². The summed E-state index contributed by atoms with van der Waals surface area (Å²) in [7, 11) is -2.41. The van der Waals surface area contributed by atoms with Crippen LogP contribution in [0, 0.1) is 11.8 Å². The smallest absolute Gasteiger partial charge is 0.251 e. The van der Waals surface area contributed by atoms with Crippen molar-refractivity contribution < 1.29 is 17.9 Å². The van der Waals surface area contributed by atoms with Gasteiger partial charge >= 0.3 is 0 Å². The van der Waals surface area contributed by atoms with Crippen LogP contribution >= 0.6 is 0 Å². The number of carbonyl (C=O) groups excluding carboxylic acids is 1. The average molecular weight is 397 g/mol. The second kappa shape index (κ2) is 8.19. The lowest BCUT2D eigenvalue weighted by molar-refractivity contribution is 0.0891. The molecule has 6 nitrogen and oxygen atoms in total. The van der Waals surface area contributed by atoms with Gasteiger partial charge in [-0.3, -0.25) is 4.79 Å². The minimum atomic E-state index is -3.82. The lowest BCUT2D eigenvalue weighted by Crippen LogP contribution is -2.43. The van der Waals surface area contributed by atoms with Crippen molar-refractivity contribution in [2.75, 3.05) is 7.11 Å². The summed E-state index contributed by atoms with van der Waals surface area (Å²) in [5.41, 5.74) is -0.328. The maximum absolute atomic E-state index is 12.8. The van der Waals surface area contributed by atoms with Gasteiger partial charge in [-0.05, 0) is 57.2 Å². The fraction of sp³-hybridized carbons (Fsp3) is 0.650. The van der Waals surface area contributed by atoms with Crippen molar-refractivity contribution in [3.8, 4) is 5.75 Å². The van der Waals surface area contributed by atoms with E-state index in [-0.39, 0.29) is 22.6 Å². The zero-order valence-electron chi connectivity index (χ0n) is 17.1. The first kappa shape index (κ1) is 21.7. The Morgan fingerprint density at radius 3 is 2.44 bits per heavy atom. The summed E-state index contributed by atoms with van der Waals surface area (Å²) in [6.45, 7) is 9.66. The number of ether oxygens (including phenoxy) is 1. The quantitative estimate of drug-likeness (QED) is 0.799. The SMILES string of the molecule is COc1ccc(C(=O)NC2CCCC(C)C2C)cc1S(=O)(=O)NC(C)(C)C. The summed E-state index contributed by atoms with van der Waals surface area (Å²) in [5, 5.41) is 3.08. The van der Waals surface area contributed by atoms with Crippen molar-refractivity contribution >= 4 is 15.9 Å². The summed E-state index contributed by atoms with van der Waals surface area (Å²) < 4.78 is 33.3. The number of methoxy groups -OCH3 is 1. The summed E-state index contributed by atoms with van der Waals surface area (Å²) in [6.07, 6.45) is 3.22. The molecule has 0 bridgehead atoms. The first-order valence-electron chi connectivity index (χ1n) is 9.47. The molecular weight excluding hydrogens is 364 g/mol. The molecular formula is C20H32N2O4S. The molecule has 3 unspecified atom stereocenters. The van der Waals surface area contributed by atoms with E-state index in [1.165, 1.54) is 25.7 Å². The number of benzene rings is 1. The Morgan fingerprint density at radius 2 is 1.85 bits per heavy atom. The molecule has 152 valence electrons. The normalized spacial score (nSPS) is 23.7. The van der Waals surface area contributed by atoms with Crippen molar-refractivity contribution in [2.24, 2.45) is 11.8 Å². The first-order chi connectivity index (χ1) is 12.4. The molecule has 0 saturated heterocycles. The molecule has 2 N–H and O–H groups in total. The number of carbonyl (C=O) groups is 1. The third kappa shape index (κ3) is 5.45. The minimum Gasteiger partial charge on any atom is -0.495 e. The molecule has 1 saturated carbocycles.